The number of rotatable bonds is 3. The maximum Gasteiger partial charge on any atom is 0.330 e. The molecular weight excluding hydrogens is 204 g/mol. The second-order valence-electron chi connectivity index (χ2n) is 3.46. The van der Waals surface area contributed by atoms with Gasteiger partial charge in [0.2, 0.25) is 0 Å². The molecule has 1 aromatic rings. The van der Waals surface area contributed by atoms with E-state index in [2.05, 4.69) is 4.74 Å². The fourth-order valence-corrected chi connectivity index (χ4v) is 1.44. The van der Waals surface area contributed by atoms with Crippen LogP contribution < -0.4 is 4.74 Å². The van der Waals surface area contributed by atoms with Crippen molar-refractivity contribution in [3.8, 4) is 5.75 Å². The topological polar surface area (TPSA) is 35.5 Å². The molecule has 0 saturated carbocycles. The highest BCUT2D eigenvalue weighted by Crippen LogP contribution is 2.24. The van der Waals surface area contributed by atoms with Gasteiger partial charge in [0.05, 0.1) is 14.2 Å². The van der Waals surface area contributed by atoms with Crippen molar-refractivity contribution >= 4 is 12.0 Å². The maximum atomic E-state index is 11.0. The average molecular weight is 220 g/mol. The lowest BCUT2D eigenvalue weighted by atomic mass is 10.0. The van der Waals surface area contributed by atoms with E-state index in [-0.39, 0.29) is 5.97 Å². The van der Waals surface area contributed by atoms with Gasteiger partial charge in [-0.15, -0.1) is 0 Å². The van der Waals surface area contributed by atoms with E-state index in [1.807, 2.05) is 26.0 Å². The first-order valence-corrected chi connectivity index (χ1v) is 5.00. The molecule has 0 amide bonds. The Balaban J connectivity index is 3.03. The SMILES string of the molecule is COC(=O)C=Cc1ccc(OC)c(C)c1C. The summed E-state index contributed by atoms with van der Waals surface area (Å²) in [6.07, 6.45) is 3.15. The third-order valence-corrected chi connectivity index (χ3v) is 2.60. The lowest BCUT2D eigenvalue weighted by Crippen LogP contribution is -1.95. The van der Waals surface area contributed by atoms with E-state index in [1.54, 1.807) is 13.2 Å². The third-order valence-electron chi connectivity index (χ3n) is 2.60. The molecule has 0 heterocycles. The summed E-state index contributed by atoms with van der Waals surface area (Å²) in [6, 6.07) is 3.81. The molecule has 3 heteroatoms. The van der Waals surface area contributed by atoms with Crippen molar-refractivity contribution in [2.45, 2.75) is 13.8 Å². The summed E-state index contributed by atoms with van der Waals surface area (Å²) in [5, 5.41) is 0. The van der Waals surface area contributed by atoms with Crippen LogP contribution in [0, 0.1) is 13.8 Å². The fraction of sp³-hybridized carbons (Fsp3) is 0.308. The molecule has 0 spiro atoms. The van der Waals surface area contributed by atoms with Crippen LogP contribution in [-0.4, -0.2) is 20.2 Å². The van der Waals surface area contributed by atoms with Gasteiger partial charge in [0.15, 0.2) is 0 Å². The second-order valence-corrected chi connectivity index (χ2v) is 3.46. The maximum absolute atomic E-state index is 11.0. The number of carbonyl (C=O) groups is 1. The largest absolute Gasteiger partial charge is 0.496 e. The van der Waals surface area contributed by atoms with Crippen molar-refractivity contribution < 1.29 is 14.3 Å². The molecule has 3 nitrogen and oxygen atoms in total. The lowest BCUT2D eigenvalue weighted by Gasteiger charge is -2.09. The van der Waals surface area contributed by atoms with Crippen molar-refractivity contribution in [2.75, 3.05) is 14.2 Å². The molecule has 1 aromatic carbocycles. The molecule has 0 atom stereocenters. The van der Waals surface area contributed by atoms with Gasteiger partial charge in [0.1, 0.15) is 5.75 Å². The molecule has 0 radical (unpaired) electrons. The van der Waals surface area contributed by atoms with Crippen molar-refractivity contribution in [1.82, 2.24) is 0 Å². The number of hydrogen-bond donors (Lipinski definition) is 0. The normalized spacial score (nSPS) is 10.5. The minimum Gasteiger partial charge on any atom is -0.496 e. The van der Waals surface area contributed by atoms with Crippen molar-refractivity contribution in [2.24, 2.45) is 0 Å². The number of esters is 1. The van der Waals surface area contributed by atoms with Crippen LogP contribution in [0.15, 0.2) is 18.2 Å². The molecule has 16 heavy (non-hydrogen) atoms. The number of hydrogen-bond acceptors (Lipinski definition) is 3. The molecule has 0 unspecified atom stereocenters. The quantitative estimate of drug-likeness (QED) is 0.580. The van der Waals surface area contributed by atoms with Crippen LogP contribution in [-0.2, 0) is 9.53 Å². The summed E-state index contributed by atoms with van der Waals surface area (Å²) in [6.45, 7) is 3.98. The highest BCUT2D eigenvalue weighted by molar-refractivity contribution is 5.87. The first-order valence-electron chi connectivity index (χ1n) is 5.00. The van der Waals surface area contributed by atoms with Crippen LogP contribution in [0.1, 0.15) is 16.7 Å². The number of carbonyl (C=O) groups excluding carboxylic acids is 1. The summed E-state index contributed by atoms with van der Waals surface area (Å²) >= 11 is 0. The molecule has 0 bridgehead atoms. The second kappa shape index (κ2) is 5.35. The third kappa shape index (κ3) is 2.63. The van der Waals surface area contributed by atoms with Crippen LogP contribution in [0.25, 0.3) is 6.08 Å². The van der Waals surface area contributed by atoms with E-state index < -0.39 is 0 Å². The Bertz CT molecular complexity index is 419. The average Bonchev–Trinajstić information content (AvgIpc) is 2.30. The first kappa shape index (κ1) is 12.3. The fourth-order valence-electron chi connectivity index (χ4n) is 1.44. The Morgan fingerprint density at radius 3 is 2.44 bits per heavy atom. The van der Waals surface area contributed by atoms with Crippen molar-refractivity contribution in [3.63, 3.8) is 0 Å². The molecule has 1 rings (SSSR count). The molecule has 0 aliphatic heterocycles. The van der Waals surface area contributed by atoms with Crippen molar-refractivity contribution in [1.29, 1.82) is 0 Å². The van der Waals surface area contributed by atoms with Gasteiger partial charge in [0, 0.05) is 6.08 Å². The van der Waals surface area contributed by atoms with E-state index in [1.165, 1.54) is 13.2 Å². The van der Waals surface area contributed by atoms with Crippen LogP contribution in [0.4, 0.5) is 0 Å². The summed E-state index contributed by atoms with van der Waals surface area (Å²) in [7, 11) is 3.00. The molecular formula is C13H16O3. The van der Waals surface area contributed by atoms with E-state index in [0.717, 1.165) is 22.4 Å². The Morgan fingerprint density at radius 2 is 1.88 bits per heavy atom. The van der Waals surface area contributed by atoms with E-state index in [9.17, 15) is 4.79 Å². The smallest absolute Gasteiger partial charge is 0.330 e. The Labute approximate surface area is 95.7 Å². The minimum atomic E-state index is -0.354. The summed E-state index contributed by atoms with van der Waals surface area (Å²) < 4.78 is 9.75. The summed E-state index contributed by atoms with van der Waals surface area (Å²) in [5.74, 6) is 0.501. The standard InChI is InChI=1S/C13H16O3/c1-9-10(2)12(15-3)7-5-11(9)6-8-13(14)16-4/h5-8H,1-4H3. The lowest BCUT2D eigenvalue weighted by molar-refractivity contribution is -0.134. The van der Waals surface area contributed by atoms with E-state index in [0.29, 0.717) is 0 Å². The van der Waals surface area contributed by atoms with Crippen LogP contribution >= 0.6 is 0 Å². The monoisotopic (exact) mass is 220 g/mol. The van der Waals surface area contributed by atoms with Gasteiger partial charge < -0.3 is 9.47 Å². The number of benzene rings is 1. The van der Waals surface area contributed by atoms with Crippen LogP contribution in [0.3, 0.4) is 0 Å². The van der Waals surface area contributed by atoms with E-state index >= 15 is 0 Å². The van der Waals surface area contributed by atoms with Crippen LogP contribution in [0.2, 0.25) is 0 Å². The molecule has 0 saturated heterocycles. The molecule has 0 aromatic heterocycles. The summed E-state index contributed by atoms with van der Waals surface area (Å²) in [5.41, 5.74) is 3.16. The Morgan fingerprint density at radius 1 is 1.19 bits per heavy atom. The minimum absolute atomic E-state index is 0.354. The zero-order valence-corrected chi connectivity index (χ0v) is 10.0. The molecule has 0 fully saturated rings. The van der Waals surface area contributed by atoms with Gasteiger partial charge in [-0.1, -0.05) is 6.07 Å². The molecule has 0 aliphatic carbocycles. The van der Waals surface area contributed by atoms with E-state index in [4.69, 9.17) is 4.74 Å². The zero-order chi connectivity index (χ0) is 12.1. The van der Waals surface area contributed by atoms with Gasteiger partial charge in [-0.3, -0.25) is 0 Å². The summed E-state index contributed by atoms with van der Waals surface area (Å²) in [4.78, 5) is 11.0. The Hall–Kier alpha value is -1.77. The molecule has 86 valence electrons. The zero-order valence-electron chi connectivity index (χ0n) is 10.0. The highest BCUT2D eigenvalue weighted by Gasteiger charge is 2.04. The van der Waals surface area contributed by atoms with Gasteiger partial charge in [-0.05, 0) is 42.7 Å². The first-order chi connectivity index (χ1) is 7.60. The van der Waals surface area contributed by atoms with Gasteiger partial charge in [-0.2, -0.15) is 0 Å². The Kier molecular flexibility index (Phi) is 4.11. The van der Waals surface area contributed by atoms with Crippen molar-refractivity contribution in [3.05, 3.63) is 34.9 Å². The predicted octanol–water partition coefficient (Wildman–Crippen LogP) is 2.50. The number of ether oxygens (including phenoxy) is 2. The van der Waals surface area contributed by atoms with Gasteiger partial charge in [-0.25, -0.2) is 4.79 Å². The van der Waals surface area contributed by atoms with Gasteiger partial charge in [0.25, 0.3) is 0 Å². The molecule has 0 N–H and O–H groups in total. The van der Waals surface area contributed by atoms with Crippen LogP contribution in [0.5, 0.6) is 5.75 Å². The number of methoxy groups -OCH3 is 2. The van der Waals surface area contributed by atoms with Gasteiger partial charge >= 0.3 is 5.97 Å². The highest BCUT2D eigenvalue weighted by atomic mass is 16.5. The predicted molar refractivity (Wildman–Crippen MR) is 63.5 cm³/mol. The molecule has 0 aliphatic rings.